The molecule has 1 heterocycles. The molecule has 1 fully saturated rings. The summed E-state index contributed by atoms with van der Waals surface area (Å²) >= 11 is 0. The van der Waals surface area contributed by atoms with E-state index < -0.39 is 33.3 Å². The van der Waals surface area contributed by atoms with Crippen LogP contribution in [0.2, 0.25) is 78.6 Å². The van der Waals surface area contributed by atoms with E-state index in [9.17, 15) is 0 Å². The first-order valence-corrected chi connectivity index (χ1v) is 23.8. The van der Waals surface area contributed by atoms with Gasteiger partial charge in [0.25, 0.3) is 0 Å². The van der Waals surface area contributed by atoms with Crippen LogP contribution in [-0.2, 0) is 22.4 Å². The minimum absolute atomic E-state index is 0.0880. The molecule has 27 heavy (non-hydrogen) atoms. The van der Waals surface area contributed by atoms with Crippen LogP contribution in [0.4, 0.5) is 0 Å². The Morgan fingerprint density at radius 3 is 1.04 bits per heavy atom. The summed E-state index contributed by atoms with van der Waals surface area (Å²) in [5.74, 6) is 0. The quantitative estimate of drug-likeness (QED) is 0.441. The lowest BCUT2D eigenvalue weighted by atomic mass is 10.1. The highest BCUT2D eigenvalue weighted by Gasteiger charge is 2.49. The Labute approximate surface area is 172 Å². The van der Waals surface area contributed by atoms with Gasteiger partial charge in [-0.1, -0.05) is 0 Å². The van der Waals surface area contributed by atoms with Crippen LogP contribution < -0.4 is 0 Å². The van der Waals surface area contributed by atoms with Gasteiger partial charge in [-0.05, 0) is 78.6 Å². The Kier molecular flexibility index (Phi) is 8.77. The van der Waals surface area contributed by atoms with Crippen molar-refractivity contribution in [3.63, 3.8) is 0 Å². The molecule has 1 rings (SSSR count). The van der Waals surface area contributed by atoms with Gasteiger partial charge in [-0.2, -0.15) is 0 Å². The van der Waals surface area contributed by atoms with Crippen LogP contribution in [-0.4, -0.2) is 70.9 Å². The molecule has 9 heteroatoms. The minimum Gasteiger partial charge on any atom is -0.415 e. The van der Waals surface area contributed by atoms with E-state index in [2.05, 4.69) is 78.6 Å². The van der Waals surface area contributed by atoms with Gasteiger partial charge < -0.3 is 22.4 Å². The SMILES string of the molecule is C[Si](C)(C)OC[C@H]1O[C@H](CO[Si](C)(C)C)[C@@H](O[Si](C)(C)C)[C@@H]1O[Si](C)(C)C. The highest BCUT2D eigenvalue weighted by Crippen LogP contribution is 2.32. The molecule has 0 bridgehead atoms. The van der Waals surface area contributed by atoms with Crippen molar-refractivity contribution in [3.05, 3.63) is 0 Å². The van der Waals surface area contributed by atoms with E-state index in [1.807, 2.05) is 0 Å². The molecule has 0 aromatic heterocycles. The monoisotopic (exact) mass is 452 g/mol. The van der Waals surface area contributed by atoms with Gasteiger partial charge in [0.05, 0.1) is 13.2 Å². The summed E-state index contributed by atoms with van der Waals surface area (Å²) in [6, 6.07) is 0. The molecule has 1 aliphatic rings. The van der Waals surface area contributed by atoms with Crippen LogP contribution in [0.25, 0.3) is 0 Å². The zero-order chi connectivity index (χ0) is 21.3. The molecule has 0 aromatic carbocycles. The lowest BCUT2D eigenvalue weighted by Crippen LogP contribution is -2.50. The lowest BCUT2D eigenvalue weighted by Gasteiger charge is -2.35. The fourth-order valence-electron chi connectivity index (χ4n) is 2.84. The van der Waals surface area contributed by atoms with Gasteiger partial charge in [0, 0.05) is 0 Å². The summed E-state index contributed by atoms with van der Waals surface area (Å²) in [4.78, 5) is 0. The largest absolute Gasteiger partial charge is 0.415 e. The Balaban J connectivity index is 3.06. The van der Waals surface area contributed by atoms with Crippen LogP contribution in [0.5, 0.6) is 0 Å². The van der Waals surface area contributed by atoms with Gasteiger partial charge in [-0.25, -0.2) is 0 Å². The van der Waals surface area contributed by atoms with Crippen molar-refractivity contribution in [2.45, 2.75) is 103 Å². The number of ether oxygens (including phenoxy) is 1. The van der Waals surface area contributed by atoms with E-state index in [1.165, 1.54) is 0 Å². The van der Waals surface area contributed by atoms with Crippen molar-refractivity contribution in [1.82, 2.24) is 0 Å². The molecule has 0 unspecified atom stereocenters. The van der Waals surface area contributed by atoms with Gasteiger partial charge in [0.15, 0.2) is 33.3 Å². The molecule has 0 N–H and O–H groups in total. The molecule has 162 valence electrons. The fraction of sp³-hybridized carbons (Fsp3) is 1.00. The summed E-state index contributed by atoms with van der Waals surface area (Å²) in [5.41, 5.74) is 0. The molecule has 1 aliphatic heterocycles. The average Bonchev–Trinajstić information content (AvgIpc) is 2.67. The maximum atomic E-state index is 6.60. The second-order valence-corrected chi connectivity index (χ2v) is 29.4. The number of hydrogen-bond donors (Lipinski definition) is 0. The topological polar surface area (TPSA) is 46.2 Å². The average molecular weight is 453 g/mol. The predicted molar refractivity (Wildman–Crippen MR) is 124 cm³/mol. The van der Waals surface area contributed by atoms with E-state index in [1.54, 1.807) is 0 Å². The molecule has 0 radical (unpaired) electrons. The standard InChI is InChI=1S/C18H44O5Si4/c1-24(2,3)19-13-15-17(22-26(7,8)9)18(23-27(10,11)12)16(21-15)14-20-25(4,5)6/h15-18H,13-14H2,1-12H3/t15-,16-,17-,18-/m1/s1. The summed E-state index contributed by atoms with van der Waals surface area (Å²) < 4.78 is 32.1. The van der Waals surface area contributed by atoms with E-state index >= 15 is 0 Å². The van der Waals surface area contributed by atoms with Crippen LogP contribution in [0.15, 0.2) is 0 Å². The Morgan fingerprint density at radius 1 is 0.519 bits per heavy atom. The Bertz CT molecular complexity index is 420. The zero-order valence-corrected chi connectivity index (χ0v) is 23.8. The molecule has 1 saturated heterocycles. The number of rotatable bonds is 10. The summed E-state index contributed by atoms with van der Waals surface area (Å²) in [7, 11) is -6.80. The van der Waals surface area contributed by atoms with Crippen molar-refractivity contribution >= 4 is 33.3 Å². The maximum Gasteiger partial charge on any atom is 0.184 e. The summed E-state index contributed by atoms with van der Waals surface area (Å²) in [6.07, 6.45) is -0.370. The van der Waals surface area contributed by atoms with Crippen molar-refractivity contribution in [1.29, 1.82) is 0 Å². The van der Waals surface area contributed by atoms with Crippen molar-refractivity contribution in [2.24, 2.45) is 0 Å². The van der Waals surface area contributed by atoms with Crippen molar-refractivity contribution in [2.75, 3.05) is 13.2 Å². The third-order valence-electron chi connectivity index (χ3n) is 3.75. The van der Waals surface area contributed by atoms with Crippen LogP contribution >= 0.6 is 0 Å². The van der Waals surface area contributed by atoms with Crippen molar-refractivity contribution < 1.29 is 22.4 Å². The van der Waals surface area contributed by atoms with Crippen LogP contribution in [0, 0.1) is 0 Å². The normalized spacial score (nSPS) is 28.0. The minimum atomic E-state index is -1.77. The highest BCUT2D eigenvalue weighted by molar-refractivity contribution is 6.71. The second-order valence-electron chi connectivity index (χ2n) is 11.4. The second kappa shape index (κ2) is 9.21. The van der Waals surface area contributed by atoms with Crippen LogP contribution in [0.3, 0.4) is 0 Å². The highest BCUT2D eigenvalue weighted by atomic mass is 28.4. The Hall–Kier alpha value is 0.668. The first kappa shape index (κ1) is 25.7. The van der Waals surface area contributed by atoms with Gasteiger partial charge in [0.2, 0.25) is 0 Å². The fourth-order valence-corrected chi connectivity index (χ4v) is 6.37. The molecule has 0 aliphatic carbocycles. The van der Waals surface area contributed by atoms with Crippen LogP contribution in [0.1, 0.15) is 0 Å². The lowest BCUT2D eigenvalue weighted by molar-refractivity contribution is -0.0311. The van der Waals surface area contributed by atoms with Crippen molar-refractivity contribution in [3.8, 4) is 0 Å². The molecule has 4 atom stereocenters. The molecule has 0 aromatic rings. The molecule has 0 amide bonds. The maximum absolute atomic E-state index is 6.60. The van der Waals surface area contributed by atoms with Gasteiger partial charge in [-0.15, -0.1) is 0 Å². The van der Waals surface area contributed by atoms with E-state index in [4.69, 9.17) is 22.4 Å². The first-order valence-electron chi connectivity index (χ1n) is 10.2. The molecule has 0 saturated carbocycles. The predicted octanol–water partition coefficient (Wildman–Crippen LogP) is 4.90. The zero-order valence-electron chi connectivity index (χ0n) is 19.8. The Morgan fingerprint density at radius 2 is 0.815 bits per heavy atom. The van der Waals surface area contributed by atoms with Gasteiger partial charge >= 0.3 is 0 Å². The first-order chi connectivity index (χ1) is 11.9. The van der Waals surface area contributed by atoms with Gasteiger partial charge in [0.1, 0.15) is 24.4 Å². The molecule has 5 nitrogen and oxygen atoms in total. The molecular formula is C18H44O5Si4. The van der Waals surface area contributed by atoms with Gasteiger partial charge in [-0.3, -0.25) is 0 Å². The summed E-state index contributed by atoms with van der Waals surface area (Å²) in [6.45, 7) is 27.7. The third-order valence-corrected chi connectivity index (χ3v) is 7.77. The smallest absolute Gasteiger partial charge is 0.184 e. The van der Waals surface area contributed by atoms with E-state index in [0.29, 0.717) is 13.2 Å². The number of hydrogen-bond acceptors (Lipinski definition) is 5. The van der Waals surface area contributed by atoms with E-state index in [0.717, 1.165) is 0 Å². The van der Waals surface area contributed by atoms with E-state index in [-0.39, 0.29) is 24.4 Å². The molecule has 0 spiro atoms. The summed E-state index contributed by atoms with van der Waals surface area (Å²) in [5, 5.41) is 0. The third kappa shape index (κ3) is 10.9. The molecular weight excluding hydrogens is 409 g/mol.